The summed E-state index contributed by atoms with van der Waals surface area (Å²) >= 11 is 3.30. The number of carbonyl (C=O) groups is 3. The number of ether oxygens (including phenoxy) is 1. The Kier molecular flexibility index (Phi) is 5.11. The number of Topliss-reactive ketones (excluding diaryl/α,β-unsaturated/α-hetero) is 1. The van der Waals surface area contributed by atoms with Gasteiger partial charge in [-0.2, -0.15) is 0 Å². The molecular weight excluding hydrogens is 352 g/mol. The average Bonchev–Trinajstić information content (AvgIpc) is 2.97. The van der Waals surface area contributed by atoms with Crippen LogP contribution in [-0.2, 0) is 9.53 Å². The van der Waals surface area contributed by atoms with Gasteiger partial charge in [-0.05, 0) is 41.1 Å². The van der Waals surface area contributed by atoms with Crippen molar-refractivity contribution in [2.24, 2.45) is 0 Å². The van der Waals surface area contributed by atoms with Crippen LogP contribution in [0.5, 0.6) is 0 Å². The molecule has 0 aliphatic heterocycles. The molecule has 0 spiro atoms. The van der Waals surface area contributed by atoms with Crippen molar-refractivity contribution in [2.45, 2.75) is 6.92 Å². The third-order valence-electron chi connectivity index (χ3n) is 2.79. The SMILES string of the molecule is CC(=O)c1c[nH]c(C(=O)OCC(=O)Nc2ccccc2Br)c1. The summed E-state index contributed by atoms with van der Waals surface area (Å²) in [6.45, 7) is 0.970. The predicted molar refractivity (Wildman–Crippen MR) is 83.9 cm³/mol. The van der Waals surface area contributed by atoms with E-state index >= 15 is 0 Å². The molecule has 1 aromatic carbocycles. The molecule has 0 saturated carbocycles. The van der Waals surface area contributed by atoms with Crippen LogP contribution in [0, 0.1) is 0 Å². The number of anilines is 1. The number of halogens is 1. The van der Waals surface area contributed by atoms with Crippen LogP contribution in [0.3, 0.4) is 0 Å². The predicted octanol–water partition coefficient (Wildman–Crippen LogP) is 2.78. The maximum absolute atomic E-state index is 11.8. The fourth-order valence-electron chi connectivity index (χ4n) is 1.67. The van der Waals surface area contributed by atoms with Crippen LogP contribution >= 0.6 is 15.9 Å². The monoisotopic (exact) mass is 364 g/mol. The lowest BCUT2D eigenvalue weighted by molar-refractivity contribution is -0.119. The summed E-state index contributed by atoms with van der Waals surface area (Å²) in [7, 11) is 0. The molecule has 114 valence electrons. The molecule has 0 bridgehead atoms. The summed E-state index contributed by atoms with van der Waals surface area (Å²) in [5, 5.41) is 2.61. The van der Waals surface area contributed by atoms with Crippen molar-refractivity contribution in [3.63, 3.8) is 0 Å². The van der Waals surface area contributed by atoms with E-state index in [1.807, 2.05) is 6.07 Å². The molecule has 0 fully saturated rings. The Morgan fingerprint density at radius 3 is 2.64 bits per heavy atom. The summed E-state index contributed by atoms with van der Waals surface area (Å²) in [4.78, 5) is 37.3. The van der Waals surface area contributed by atoms with E-state index in [1.54, 1.807) is 18.2 Å². The Labute approximate surface area is 135 Å². The molecule has 22 heavy (non-hydrogen) atoms. The largest absolute Gasteiger partial charge is 0.451 e. The number of rotatable bonds is 5. The number of para-hydroxylation sites is 1. The lowest BCUT2D eigenvalue weighted by Crippen LogP contribution is -2.21. The standard InChI is InChI=1S/C15H13BrN2O4/c1-9(19)10-6-13(17-7-10)15(21)22-8-14(20)18-12-5-3-2-4-11(12)16/h2-7,17H,8H2,1H3,(H,18,20). The van der Waals surface area contributed by atoms with Gasteiger partial charge in [-0.1, -0.05) is 12.1 Å². The third kappa shape index (κ3) is 4.05. The number of hydrogen-bond acceptors (Lipinski definition) is 4. The summed E-state index contributed by atoms with van der Waals surface area (Å²) < 4.78 is 5.61. The zero-order chi connectivity index (χ0) is 16.1. The maximum Gasteiger partial charge on any atom is 0.355 e. The molecule has 6 nitrogen and oxygen atoms in total. The van der Waals surface area contributed by atoms with E-state index in [1.165, 1.54) is 19.2 Å². The van der Waals surface area contributed by atoms with E-state index in [4.69, 9.17) is 4.74 Å². The highest BCUT2D eigenvalue weighted by Gasteiger charge is 2.14. The second kappa shape index (κ2) is 7.04. The smallest absolute Gasteiger partial charge is 0.355 e. The van der Waals surface area contributed by atoms with E-state index < -0.39 is 18.5 Å². The Hall–Kier alpha value is -2.41. The first-order chi connectivity index (χ1) is 10.5. The maximum atomic E-state index is 11.8. The zero-order valence-electron chi connectivity index (χ0n) is 11.7. The van der Waals surface area contributed by atoms with Gasteiger partial charge in [0.25, 0.3) is 5.91 Å². The number of aromatic nitrogens is 1. The van der Waals surface area contributed by atoms with Gasteiger partial charge in [0.1, 0.15) is 5.69 Å². The number of H-pyrrole nitrogens is 1. The molecule has 1 amide bonds. The number of benzene rings is 1. The zero-order valence-corrected chi connectivity index (χ0v) is 13.3. The van der Waals surface area contributed by atoms with Crippen LogP contribution in [0.15, 0.2) is 41.0 Å². The van der Waals surface area contributed by atoms with Gasteiger partial charge in [-0.15, -0.1) is 0 Å². The molecule has 0 aliphatic carbocycles. The molecular formula is C15H13BrN2O4. The van der Waals surface area contributed by atoms with Crippen molar-refractivity contribution < 1.29 is 19.1 Å². The topological polar surface area (TPSA) is 88.3 Å². The Morgan fingerprint density at radius 2 is 2.00 bits per heavy atom. The van der Waals surface area contributed by atoms with Crippen molar-refractivity contribution in [3.8, 4) is 0 Å². The van der Waals surface area contributed by atoms with Crippen LogP contribution < -0.4 is 5.32 Å². The highest BCUT2D eigenvalue weighted by atomic mass is 79.9. The molecule has 0 aliphatic rings. The molecule has 2 aromatic rings. The summed E-state index contributed by atoms with van der Waals surface area (Å²) in [6.07, 6.45) is 1.42. The lowest BCUT2D eigenvalue weighted by Gasteiger charge is -2.07. The van der Waals surface area contributed by atoms with Crippen molar-refractivity contribution >= 4 is 39.3 Å². The Balaban J connectivity index is 1.89. The van der Waals surface area contributed by atoms with Crippen LogP contribution in [0.2, 0.25) is 0 Å². The average molecular weight is 365 g/mol. The number of nitrogens with one attached hydrogen (secondary N) is 2. The summed E-state index contributed by atoms with van der Waals surface area (Å²) in [6, 6.07) is 8.47. The van der Waals surface area contributed by atoms with Gasteiger partial charge in [0.05, 0.1) is 5.69 Å². The lowest BCUT2D eigenvalue weighted by atomic mass is 10.2. The first-order valence-electron chi connectivity index (χ1n) is 6.38. The van der Waals surface area contributed by atoms with E-state index in [0.29, 0.717) is 11.3 Å². The van der Waals surface area contributed by atoms with E-state index in [0.717, 1.165) is 4.47 Å². The fraction of sp³-hybridized carbons (Fsp3) is 0.133. The van der Waals surface area contributed by atoms with Crippen molar-refractivity contribution in [1.29, 1.82) is 0 Å². The van der Waals surface area contributed by atoms with Crippen LogP contribution in [0.1, 0.15) is 27.8 Å². The highest BCUT2D eigenvalue weighted by molar-refractivity contribution is 9.10. The van der Waals surface area contributed by atoms with Crippen LogP contribution in [-0.4, -0.2) is 29.3 Å². The van der Waals surface area contributed by atoms with E-state index in [-0.39, 0.29) is 11.5 Å². The van der Waals surface area contributed by atoms with Crippen LogP contribution in [0.4, 0.5) is 5.69 Å². The minimum Gasteiger partial charge on any atom is -0.451 e. The Bertz CT molecular complexity index is 724. The van der Waals surface area contributed by atoms with Crippen molar-refractivity contribution in [1.82, 2.24) is 4.98 Å². The normalized spacial score (nSPS) is 10.1. The van der Waals surface area contributed by atoms with Gasteiger partial charge in [0, 0.05) is 16.2 Å². The fourth-order valence-corrected chi connectivity index (χ4v) is 2.06. The van der Waals surface area contributed by atoms with Gasteiger partial charge in [0.2, 0.25) is 0 Å². The molecule has 2 N–H and O–H groups in total. The number of hydrogen-bond donors (Lipinski definition) is 2. The number of carbonyl (C=O) groups excluding carboxylic acids is 3. The van der Waals surface area contributed by atoms with Gasteiger partial charge >= 0.3 is 5.97 Å². The number of esters is 1. The van der Waals surface area contributed by atoms with Gasteiger partial charge in [0.15, 0.2) is 12.4 Å². The molecule has 0 unspecified atom stereocenters. The van der Waals surface area contributed by atoms with Crippen molar-refractivity contribution in [2.75, 3.05) is 11.9 Å². The Morgan fingerprint density at radius 1 is 1.27 bits per heavy atom. The molecule has 0 atom stereocenters. The third-order valence-corrected chi connectivity index (χ3v) is 3.48. The molecule has 0 radical (unpaired) electrons. The molecule has 1 aromatic heterocycles. The second-order valence-electron chi connectivity index (χ2n) is 4.46. The second-order valence-corrected chi connectivity index (χ2v) is 5.32. The molecule has 7 heteroatoms. The van der Waals surface area contributed by atoms with Gasteiger partial charge in [-0.25, -0.2) is 4.79 Å². The van der Waals surface area contributed by atoms with E-state index in [9.17, 15) is 14.4 Å². The van der Waals surface area contributed by atoms with Gasteiger partial charge < -0.3 is 15.0 Å². The summed E-state index contributed by atoms with van der Waals surface area (Å²) in [5.41, 5.74) is 1.09. The summed E-state index contributed by atoms with van der Waals surface area (Å²) in [5.74, 6) is -1.32. The molecule has 1 heterocycles. The number of ketones is 1. The van der Waals surface area contributed by atoms with Crippen LogP contribution in [0.25, 0.3) is 0 Å². The number of aromatic amines is 1. The highest BCUT2D eigenvalue weighted by Crippen LogP contribution is 2.20. The first kappa shape index (κ1) is 16.0. The minimum absolute atomic E-state index is 0.124. The minimum atomic E-state index is -0.699. The van der Waals surface area contributed by atoms with Gasteiger partial charge in [-0.3, -0.25) is 9.59 Å². The first-order valence-corrected chi connectivity index (χ1v) is 7.17. The molecule has 0 saturated heterocycles. The van der Waals surface area contributed by atoms with Crippen molar-refractivity contribution in [3.05, 3.63) is 52.3 Å². The number of amides is 1. The molecule has 2 rings (SSSR count). The van der Waals surface area contributed by atoms with E-state index in [2.05, 4.69) is 26.2 Å². The quantitative estimate of drug-likeness (QED) is 0.630.